The van der Waals surface area contributed by atoms with Gasteiger partial charge in [0, 0.05) is 5.69 Å². The molecule has 9 heteroatoms. The maximum Gasteiger partial charge on any atom is 0.338 e. The number of anilines is 2. The van der Waals surface area contributed by atoms with E-state index >= 15 is 0 Å². The Hall–Kier alpha value is -2.94. The summed E-state index contributed by atoms with van der Waals surface area (Å²) < 4.78 is 43.4. The normalized spacial score (nSPS) is 11.0. The number of halogens is 1. The van der Waals surface area contributed by atoms with Crippen LogP contribution in [0.3, 0.4) is 0 Å². The fourth-order valence-corrected chi connectivity index (χ4v) is 3.30. The molecule has 0 aliphatic carbocycles. The number of nitrogens with one attached hydrogen (secondary N) is 1. The molecule has 0 heterocycles. The molecule has 7 nitrogen and oxygen atoms in total. The summed E-state index contributed by atoms with van der Waals surface area (Å²) in [5.74, 6) is -1.79. The number of carbonyl (C=O) groups excluding carboxylic acids is 2. The highest BCUT2D eigenvalue weighted by atomic mass is 32.2. The number of rotatable bonds is 7. The number of hydrogen-bond acceptors (Lipinski definition) is 5. The average Bonchev–Trinajstić information content (AvgIpc) is 2.60. The predicted octanol–water partition coefficient (Wildman–Crippen LogP) is 2.72. The number of hydrogen-bond donors (Lipinski definition) is 1. The topological polar surface area (TPSA) is 92.8 Å². The van der Waals surface area contributed by atoms with Crippen LogP contribution in [0.25, 0.3) is 0 Å². The average molecular weight is 408 g/mol. The highest BCUT2D eigenvalue weighted by molar-refractivity contribution is 7.92. The monoisotopic (exact) mass is 408 g/mol. The summed E-state index contributed by atoms with van der Waals surface area (Å²) in [6.45, 7) is 3.07. The van der Waals surface area contributed by atoms with Gasteiger partial charge >= 0.3 is 5.97 Å². The fraction of sp³-hybridized carbons (Fsp3) is 0.263. The number of benzene rings is 2. The summed E-state index contributed by atoms with van der Waals surface area (Å²) in [4.78, 5) is 24.3. The molecule has 150 valence electrons. The van der Waals surface area contributed by atoms with Crippen LogP contribution in [0.1, 0.15) is 22.8 Å². The maximum absolute atomic E-state index is 13.5. The molecule has 2 aromatic carbocycles. The molecule has 1 N–H and O–H groups in total. The molecule has 2 aromatic rings. The summed E-state index contributed by atoms with van der Waals surface area (Å²) in [7, 11) is -3.83. The molecule has 0 bridgehead atoms. The molecule has 0 saturated heterocycles. The Bertz CT molecular complexity index is 992. The SMILES string of the molecule is CCOC(=O)c1ccc(C)c(NC(=O)CN(c2cccc(F)c2)S(C)(=O)=O)c1. The summed E-state index contributed by atoms with van der Waals surface area (Å²) in [5.41, 5.74) is 1.32. The van der Waals surface area contributed by atoms with Gasteiger partial charge in [0.15, 0.2) is 0 Å². The zero-order valence-corrected chi connectivity index (χ0v) is 16.5. The predicted molar refractivity (Wildman–Crippen MR) is 104 cm³/mol. The minimum absolute atomic E-state index is 0.0367. The van der Waals surface area contributed by atoms with Gasteiger partial charge in [0.05, 0.1) is 24.1 Å². The van der Waals surface area contributed by atoms with Crippen molar-refractivity contribution in [2.75, 3.05) is 29.0 Å². The zero-order chi connectivity index (χ0) is 20.9. The Morgan fingerprint density at radius 2 is 1.89 bits per heavy atom. The van der Waals surface area contributed by atoms with E-state index in [0.29, 0.717) is 11.3 Å². The molecule has 0 spiro atoms. The first-order valence-corrected chi connectivity index (χ1v) is 10.3. The van der Waals surface area contributed by atoms with Crippen molar-refractivity contribution in [2.45, 2.75) is 13.8 Å². The minimum atomic E-state index is -3.83. The van der Waals surface area contributed by atoms with Gasteiger partial charge in [-0.05, 0) is 49.7 Å². The van der Waals surface area contributed by atoms with Crippen LogP contribution in [0.4, 0.5) is 15.8 Å². The number of carbonyl (C=O) groups is 2. The van der Waals surface area contributed by atoms with Crippen molar-refractivity contribution < 1.29 is 27.1 Å². The van der Waals surface area contributed by atoms with Gasteiger partial charge in [-0.15, -0.1) is 0 Å². The van der Waals surface area contributed by atoms with Crippen LogP contribution in [0.2, 0.25) is 0 Å². The molecule has 2 rings (SSSR count). The van der Waals surface area contributed by atoms with E-state index in [4.69, 9.17) is 4.74 Å². The van der Waals surface area contributed by atoms with Crippen LogP contribution >= 0.6 is 0 Å². The molecule has 0 aliphatic heterocycles. The molecular formula is C19H21FN2O5S. The molecule has 1 amide bonds. The smallest absolute Gasteiger partial charge is 0.338 e. The number of amides is 1. The van der Waals surface area contributed by atoms with Crippen molar-refractivity contribution in [3.05, 3.63) is 59.4 Å². The van der Waals surface area contributed by atoms with Crippen molar-refractivity contribution in [3.8, 4) is 0 Å². The molecule has 0 fully saturated rings. The Balaban J connectivity index is 2.24. The highest BCUT2D eigenvalue weighted by Crippen LogP contribution is 2.20. The number of sulfonamides is 1. The second-order valence-electron chi connectivity index (χ2n) is 6.05. The number of nitrogens with zero attached hydrogens (tertiary/aromatic N) is 1. The third kappa shape index (κ3) is 5.53. The maximum atomic E-state index is 13.5. The van der Waals surface area contributed by atoms with Crippen molar-refractivity contribution in [1.29, 1.82) is 0 Å². The largest absolute Gasteiger partial charge is 0.462 e. The molecule has 0 radical (unpaired) electrons. The number of esters is 1. The lowest BCUT2D eigenvalue weighted by molar-refractivity contribution is -0.114. The van der Waals surface area contributed by atoms with E-state index in [0.717, 1.165) is 16.6 Å². The summed E-state index contributed by atoms with van der Waals surface area (Å²) in [6, 6.07) is 9.62. The van der Waals surface area contributed by atoms with Gasteiger partial charge in [-0.25, -0.2) is 17.6 Å². The fourth-order valence-electron chi connectivity index (χ4n) is 2.45. The highest BCUT2D eigenvalue weighted by Gasteiger charge is 2.22. The van der Waals surface area contributed by atoms with Crippen molar-refractivity contribution in [1.82, 2.24) is 0 Å². The van der Waals surface area contributed by atoms with E-state index in [1.807, 2.05) is 0 Å². The van der Waals surface area contributed by atoms with Gasteiger partial charge in [0.1, 0.15) is 12.4 Å². The van der Waals surface area contributed by atoms with Gasteiger partial charge in [0.25, 0.3) is 0 Å². The lowest BCUT2D eigenvalue weighted by Crippen LogP contribution is -2.37. The quantitative estimate of drug-likeness (QED) is 0.711. The Morgan fingerprint density at radius 1 is 1.18 bits per heavy atom. The molecule has 28 heavy (non-hydrogen) atoms. The van der Waals surface area contributed by atoms with Crippen LogP contribution in [-0.4, -0.2) is 39.7 Å². The van der Waals surface area contributed by atoms with Gasteiger partial charge in [-0.1, -0.05) is 12.1 Å². The number of aryl methyl sites for hydroxylation is 1. The standard InChI is InChI=1S/C19H21FN2O5S/c1-4-27-19(24)14-9-8-13(2)17(10-14)21-18(23)12-22(28(3,25)26)16-7-5-6-15(20)11-16/h5-11H,4,12H2,1-3H3,(H,21,23). The van der Waals surface area contributed by atoms with Gasteiger partial charge in [0.2, 0.25) is 15.9 Å². The Labute approximate surface area is 163 Å². The molecule has 0 saturated carbocycles. The van der Waals surface area contributed by atoms with Crippen LogP contribution in [-0.2, 0) is 19.6 Å². The van der Waals surface area contributed by atoms with E-state index < -0.39 is 34.3 Å². The zero-order valence-electron chi connectivity index (χ0n) is 15.7. The van der Waals surface area contributed by atoms with E-state index in [1.54, 1.807) is 26.0 Å². The van der Waals surface area contributed by atoms with Gasteiger partial charge < -0.3 is 10.1 Å². The van der Waals surface area contributed by atoms with Gasteiger partial charge in [-0.3, -0.25) is 9.10 Å². The first-order valence-electron chi connectivity index (χ1n) is 8.42. The van der Waals surface area contributed by atoms with E-state index in [1.165, 1.54) is 24.3 Å². The van der Waals surface area contributed by atoms with Gasteiger partial charge in [-0.2, -0.15) is 0 Å². The second-order valence-corrected chi connectivity index (χ2v) is 7.95. The lowest BCUT2D eigenvalue weighted by atomic mass is 10.1. The summed E-state index contributed by atoms with van der Waals surface area (Å²) >= 11 is 0. The molecule has 0 unspecified atom stereocenters. The Morgan fingerprint density at radius 3 is 2.50 bits per heavy atom. The molecule has 0 atom stereocenters. The minimum Gasteiger partial charge on any atom is -0.462 e. The third-order valence-electron chi connectivity index (χ3n) is 3.81. The lowest BCUT2D eigenvalue weighted by Gasteiger charge is -2.22. The van der Waals surface area contributed by atoms with Crippen LogP contribution in [0, 0.1) is 12.7 Å². The van der Waals surface area contributed by atoms with Crippen LogP contribution in [0.5, 0.6) is 0 Å². The first-order chi connectivity index (χ1) is 13.1. The van der Waals surface area contributed by atoms with E-state index in [2.05, 4.69) is 5.32 Å². The molecular weight excluding hydrogens is 387 g/mol. The van der Waals surface area contributed by atoms with Crippen LogP contribution in [0.15, 0.2) is 42.5 Å². The second kappa shape index (κ2) is 8.83. The van der Waals surface area contributed by atoms with Crippen molar-refractivity contribution >= 4 is 33.3 Å². The first kappa shape index (κ1) is 21.4. The summed E-state index contributed by atoms with van der Waals surface area (Å²) in [6.07, 6.45) is 0.928. The Kier molecular flexibility index (Phi) is 6.74. The summed E-state index contributed by atoms with van der Waals surface area (Å²) in [5, 5.41) is 2.59. The third-order valence-corrected chi connectivity index (χ3v) is 4.95. The number of ether oxygens (including phenoxy) is 1. The molecule has 0 aliphatic rings. The van der Waals surface area contributed by atoms with Crippen LogP contribution < -0.4 is 9.62 Å². The van der Waals surface area contributed by atoms with E-state index in [9.17, 15) is 22.4 Å². The van der Waals surface area contributed by atoms with E-state index in [-0.39, 0.29) is 17.9 Å². The molecule has 0 aromatic heterocycles. The van der Waals surface area contributed by atoms with Crippen molar-refractivity contribution in [2.24, 2.45) is 0 Å². The van der Waals surface area contributed by atoms with Crippen molar-refractivity contribution in [3.63, 3.8) is 0 Å².